The first-order valence-corrected chi connectivity index (χ1v) is 6.73. The molecule has 0 spiro atoms. The molecule has 0 amide bonds. The molecule has 0 saturated heterocycles. The number of hydrogen-bond acceptors (Lipinski definition) is 1. The van der Waals surface area contributed by atoms with E-state index in [1.54, 1.807) is 0 Å². The largest absolute Gasteiger partial charge is 1.00 e. The minimum Gasteiger partial charge on any atom is -0.445 e. The molecule has 0 rings (SSSR count). The maximum Gasteiger partial charge on any atom is 1.00 e. The van der Waals surface area contributed by atoms with Crippen LogP contribution in [0.5, 0.6) is 0 Å². The van der Waals surface area contributed by atoms with Gasteiger partial charge in [0.25, 0.3) is 0 Å². The normalized spacial score (nSPS) is 12.1. The van der Waals surface area contributed by atoms with Crippen molar-refractivity contribution in [3.05, 3.63) is 12.1 Å². The zero-order valence-corrected chi connectivity index (χ0v) is 16.2. The van der Waals surface area contributed by atoms with Gasteiger partial charge >= 0.3 is 58.4 Å². The molecule has 0 unspecified atom stereocenters. The molecule has 0 N–H and O–H groups in total. The van der Waals surface area contributed by atoms with Crippen LogP contribution >= 0.6 is 0 Å². The van der Waals surface area contributed by atoms with Gasteiger partial charge in [0.1, 0.15) is 0 Å². The van der Waals surface area contributed by atoms with Crippen molar-refractivity contribution in [2.24, 2.45) is 11.8 Å². The summed E-state index contributed by atoms with van der Waals surface area (Å²) in [5.41, 5.74) is -0.581. The first-order chi connectivity index (χ1) is 8.12. The van der Waals surface area contributed by atoms with Crippen molar-refractivity contribution in [3.8, 4) is 0 Å². The zero-order chi connectivity index (χ0) is 14.3. The van der Waals surface area contributed by atoms with Crippen molar-refractivity contribution in [2.75, 3.05) is 19.6 Å². The Hall–Kier alpha value is 1.19. The molecule has 0 bridgehead atoms. The first-order valence-electron chi connectivity index (χ1n) is 6.73. The summed E-state index contributed by atoms with van der Waals surface area (Å²) in [6, 6.07) is 0. The molecule has 0 radical (unpaired) electrons. The monoisotopic (exact) mass is 303 g/mol. The van der Waals surface area contributed by atoms with E-state index in [0.717, 1.165) is 25.9 Å². The predicted molar refractivity (Wildman–Crippen MR) is 73.6 cm³/mol. The Morgan fingerprint density at radius 2 is 1.37 bits per heavy atom. The van der Waals surface area contributed by atoms with E-state index in [2.05, 4.69) is 34.3 Å². The van der Waals surface area contributed by atoms with Gasteiger partial charge in [0.2, 0.25) is 0 Å². The van der Waals surface area contributed by atoms with E-state index in [-0.39, 0.29) is 57.9 Å². The number of rotatable bonds is 9. The number of halogens is 3. The Morgan fingerprint density at radius 1 is 1.00 bits per heavy atom. The van der Waals surface area contributed by atoms with Crippen LogP contribution in [0.1, 0.15) is 40.5 Å². The minimum absolute atomic E-state index is 0. The van der Waals surface area contributed by atoms with Crippen LogP contribution < -0.4 is 51.4 Å². The standard InChI is InChI=1S/C13H26BF3N.K/c1-11(2)6-8-18(9-7-12(3)4)10-13(5)14(15,16)17;/h11-12H,5-10H2,1-4H3;/q-1;+1. The van der Waals surface area contributed by atoms with Gasteiger partial charge in [0.05, 0.1) is 0 Å². The fourth-order valence-corrected chi connectivity index (χ4v) is 1.54. The predicted octanol–water partition coefficient (Wildman–Crippen LogP) is 1.33. The number of nitrogens with zero attached hydrogens (tertiary/aromatic N) is 1. The second-order valence-corrected chi connectivity index (χ2v) is 5.87. The van der Waals surface area contributed by atoms with E-state index in [1.165, 1.54) is 0 Å². The summed E-state index contributed by atoms with van der Waals surface area (Å²) < 4.78 is 37.6. The van der Waals surface area contributed by atoms with E-state index in [4.69, 9.17) is 0 Å². The van der Waals surface area contributed by atoms with Crippen molar-refractivity contribution < 1.29 is 64.3 Å². The Balaban J connectivity index is 0. The second kappa shape index (κ2) is 10.9. The van der Waals surface area contributed by atoms with Gasteiger partial charge in [-0.1, -0.05) is 27.7 Å². The molecule has 108 valence electrons. The van der Waals surface area contributed by atoms with Crippen molar-refractivity contribution in [1.29, 1.82) is 0 Å². The molecule has 0 aliphatic carbocycles. The smallest absolute Gasteiger partial charge is 0.445 e. The fraction of sp³-hybridized carbons (Fsp3) is 0.846. The Kier molecular flexibility index (Phi) is 12.8. The molecule has 0 saturated carbocycles. The van der Waals surface area contributed by atoms with Gasteiger partial charge in [0, 0.05) is 0 Å². The van der Waals surface area contributed by atoms with Crippen LogP contribution in [0.15, 0.2) is 12.1 Å². The van der Waals surface area contributed by atoms with Crippen LogP contribution in [0.4, 0.5) is 12.9 Å². The van der Waals surface area contributed by atoms with Crippen LogP contribution in [0.3, 0.4) is 0 Å². The van der Waals surface area contributed by atoms with Gasteiger partial charge in [-0.25, -0.2) is 0 Å². The Morgan fingerprint density at radius 3 is 1.63 bits per heavy atom. The van der Waals surface area contributed by atoms with Crippen LogP contribution in [0, 0.1) is 11.8 Å². The van der Waals surface area contributed by atoms with Gasteiger partial charge in [-0.05, 0) is 44.3 Å². The maximum atomic E-state index is 12.5. The summed E-state index contributed by atoms with van der Waals surface area (Å²) in [5.74, 6) is 1.02. The molecule has 0 fully saturated rings. The van der Waals surface area contributed by atoms with E-state index < -0.39 is 12.4 Å². The molecule has 0 atom stereocenters. The van der Waals surface area contributed by atoms with Crippen molar-refractivity contribution >= 4 is 6.98 Å². The fourth-order valence-electron chi connectivity index (χ4n) is 1.54. The molecule has 0 aliphatic rings. The van der Waals surface area contributed by atoms with Gasteiger partial charge in [-0.2, -0.15) is 0 Å². The molecule has 0 aromatic rings. The summed E-state index contributed by atoms with van der Waals surface area (Å²) in [4.78, 5) is 1.89. The topological polar surface area (TPSA) is 3.24 Å². The molecule has 0 heterocycles. The summed E-state index contributed by atoms with van der Waals surface area (Å²) in [6.07, 6.45) is 1.85. The number of hydrogen-bond donors (Lipinski definition) is 0. The molecular weight excluding hydrogens is 277 g/mol. The quantitative estimate of drug-likeness (QED) is 0.581. The van der Waals surface area contributed by atoms with Crippen LogP contribution in [-0.2, 0) is 0 Å². The third-order valence-electron chi connectivity index (χ3n) is 2.93. The molecular formula is C13H26BF3KN. The van der Waals surface area contributed by atoms with E-state index >= 15 is 0 Å². The van der Waals surface area contributed by atoms with Gasteiger partial charge in [0.15, 0.2) is 0 Å². The molecule has 0 aromatic carbocycles. The van der Waals surface area contributed by atoms with E-state index in [1.807, 2.05) is 4.90 Å². The molecule has 6 heteroatoms. The average Bonchev–Trinajstić information content (AvgIpc) is 2.19. The Bertz CT molecular complexity index is 243. The van der Waals surface area contributed by atoms with Gasteiger partial charge in [-0.15, -0.1) is 12.1 Å². The van der Waals surface area contributed by atoms with Crippen molar-refractivity contribution in [3.63, 3.8) is 0 Å². The molecule has 19 heavy (non-hydrogen) atoms. The average molecular weight is 303 g/mol. The zero-order valence-electron chi connectivity index (χ0n) is 13.1. The van der Waals surface area contributed by atoms with Crippen LogP contribution in [0.25, 0.3) is 0 Å². The maximum absolute atomic E-state index is 12.5. The first kappa shape index (κ1) is 22.5. The Labute approximate surface area is 158 Å². The van der Waals surface area contributed by atoms with E-state index in [9.17, 15) is 12.9 Å². The van der Waals surface area contributed by atoms with Crippen LogP contribution in [-0.4, -0.2) is 31.5 Å². The summed E-state index contributed by atoms with van der Waals surface area (Å²) in [5, 5.41) is 0. The summed E-state index contributed by atoms with van der Waals surface area (Å²) in [6.45, 7) is 8.02. The third-order valence-corrected chi connectivity index (χ3v) is 2.93. The minimum atomic E-state index is -4.90. The van der Waals surface area contributed by atoms with Crippen LogP contribution in [0.2, 0.25) is 0 Å². The van der Waals surface area contributed by atoms with Crippen molar-refractivity contribution in [2.45, 2.75) is 40.5 Å². The molecule has 0 aromatic heterocycles. The van der Waals surface area contributed by atoms with E-state index in [0.29, 0.717) is 11.8 Å². The third kappa shape index (κ3) is 12.6. The summed E-state index contributed by atoms with van der Waals surface area (Å²) in [7, 11) is 0. The van der Waals surface area contributed by atoms with Gasteiger partial charge < -0.3 is 17.8 Å². The summed E-state index contributed by atoms with van der Waals surface area (Å²) >= 11 is 0. The molecule has 1 nitrogen and oxygen atoms in total. The molecule has 0 aliphatic heterocycles. The van der Waals surface area contributed by atoms with Crippen molar-refractivity contribution in [1.82, 2.24) is 4.90 Å². The SMILES string of the molecule is C=C(CN(CCC(C)C)CCC(C)C)[B-](F)(F)F.[K+]. The van der Waals surface area contributed by atoms with Gasteiger partial charge in [-0.3, -0.25) is 0 Å². The second-order valence-electron chi connectivity index (χ2n) is 5.87.